The Labute approximate surface area is 138 Å². The van der Waals surface area contributed by atoms with Crippen molar-refractivity contribution in [1.82, 2.24) is 15.0 Å². The van der Waals surface area contributed by atoms with Crippen molar-refractivity contribution < 1.29 is 33.7 Å². The topological polar surface area (TPSA) is 130 Å². The smallest absolute Gasteiger partial charge is 0.346 e. The standard InChI is InChI=1S/C14H21N3O7/c1-14(2,3)10(11(18)19)17-6-8(15-16-17)7-24-9(12(20)22-4)13(21)23-5/h6,9-10H,7H2,1-5H3,(H,18,19)/t10-/m1/s1. The zero-order valence-corrected chi connectivity index (χ0v) is 14.2. The van der Waals surface area contributed by atoms with Gasteiger partial charge in [-0.1, -0.05) is 26.0 Å². The van der Waals surface area contributed by atoms with Crippen molar-refractivity contribution in [2.24, 2.45) is 5.41 Å². The molecule has 1 rings (SSSR count). The van der Waals surface area contributed by atoms with Gasteiger partial charge in [-0.25, -0.2) is 19.1 Å². The summed E-state index contributed by atoms with van der Waals surface area (Å²) in [6.45, 7) is 5.03. The summed E-state index contributed by atoms with van der Waals surface area (Å²) in [6, 6.07) is -0.934. The van der Waals surface area contributed by atoms with E-state index in [4.69, 9.17) is 4.74 Å². The molecular formula is C14H21N3O7. The molecule has 1 N–H and O–H groups in total. The van der Waals surface area contributed by atoms with Crippen LogP contribution in [0.25, 0.3) is 0 Å². The first kappa shape index (κ1) is 19.6. The highest BCUT2D eigenvalue weighted by Gasteiger charge is 2.34. The highest BCUT2D eigenvalue weighted by molar-refractivity contribution is 5.97. The van der Waals surface area contributed by atoms with Crippen LogP contribution in [0.15, 0.2) is 6.20 Å². The summed E-state index contributed by atoms with van der Waals surface area (Å²) in [6.07, 6.45) is -0.168. The molecule has 1 heterocycles. The number of carboxylic acids is 1. The van der Waals surface area contributed by atoms with Crippen LogP contribution < -0.4 is 0 Å². The molecule has 10 heteroatoms. The molecule has 1 aromatic heterocycles. The van der Waals surface area contributed by atoms with Crippen LogP contribution in [0, 0.1) is 5.41 Å². The lowest BCUT2D eigenvalue weighted by Crippen LogP contribution is -2.35. The van der Waals surface area contributed by atoms with Gasteiger partial charge in [0.25, 0.3) is 6.10 Å². The molecule has 0 aliphatic carbocycles. The van der Waals surface area contributed by atoms with Gasteiger partial charge >= 0.3 is 17.9 Å². The molecular weight excluding hydrogens is 322 g/mol. The first-order valence-corrected chi connectivity index (χ1v) is 7.02. The largest absolute Gasteiger partial charge is 0.480 e. The molecule has 0 aromatic carbocycles. The number of hydrogen-bond donors (Lipinski definition) is 1. The molecule has 0 amide bonds. The monoisotopic (exact) mass is 343 g/mol. The van der Waals surface area contributed by atoms with Crippen LogP contribution in [0.1, 0.15) is 32.5 Å². The molecule has 0 spiro atoms. The Kier molecular flexibility index (Phi) is 6.41. The molecule has 0 fully saturated rings. The number of esters is 2. The quantitative estimate of drug-likeness (QED) is 0.544. The van der Waals surface area contributed by atoms with E-state index in [9.17, 15) is 19.5 Å². The summed E-state index contributed by atoms with van der Waals surface area (Å²) in [5.41, 5.74) is -0.346. The molecule has 1 aromatic rings. The van der Waals surface area contributed by atoms with Crippen LogP contribution in [0.5, 0.6) is 0 Å². The Hall–Kier alpha value is -2.49. The van der Waals surface area contributed by atoms with Gasteiger partial charge in [0.2, 0.25) is 0 Å². The number of carbonyl (C=O) groups excluding carboxylic acids is 2. The van der Waals surface area contributed by atoms with Crippen LogP contribution in [-0.2, 0) is 35.2 Å². The van der Waals surface area contributed by atoms with Crippen molar-refractivity contribution in [2.45, 2.75) is 39.5 Å². The van der Waals surface area contributed by atoms with E-state index in [1.54, 1.807) is 20.8 Å². The van der Waals surface area contributed by atoms with Gasteiger partial charge in [0.1, 0.15) is 5.69 Å². The molecule has 0 bridgehead atoms. The van der Waals surface area contributed by atoms with Crippen LogP contribution in [0.3, 0.4) is 0 Å². The average Bonchev–Trinajstić information content (AvgIpc) is 2.92. The molecule has 0 aliphatic heterocycles. The van der Waals surface area contributed by atoms with E-state index in [-0.39, 0.29) is 12.3 Å². The van der Waals surface area contributed by atoms with E-state index in [1.807, 2.05) is 0 Å². The van der Waals surface area contributed by atoms with E-state index >= 15 is 0 Å². The molecule has 0 radical (unpaired) electrons. The minimum atomic E-state index is -1.55. The van der Waals surface area contributed by atoms with Crippen molar-refractivity contribution in [1.29, 1.82) is 0 Å². The summed E-state index contributed by atoms with van der Waals surface area (Å²) in [5.74, 6) is -2.87. The number of hydrogen-bond acceptors (Lipinski definition) is 8. The Morgan fingerprint density at radius 2 is 1.75 bits per heavy atom. The normalized spacial score (nSPS) is 12.8. The lowest BCUT2D eigenvalue weighted by Gasteiger charge is -2.26. The van der Waals surface area contributed by atoms with Crippen LogP contribution in [0.4, 0.5) is 0 Å². The predicted octanol–water partition coefficient (Wildman–Crippen LogP) is 0.181. The van der Waals surface area contributed by atoms with Crippen molar-refractivity contribution in [3.8, 4) is 0 Å². The maximum Gasteiger partial charge on any atom is 0.346 e. The molecule has 24 heavy (non-hydrogen) atoms. The minimum absolute atomic E-state index is 0.245. The molecule has 0 unspecified atom stereocenters. The first-order chi connectivity index (χ1) is 11.1. The van der Waals surface area contributed by atoms with Gasteiger partial charge < -0.3 is 19.3 Å². The Morgan fingerprint density at radius 1 is 1.21 bits per heavy atom. The van der Waals surface area contributed by atoms with Gasteiger partial charge in [-0.2, -0.15) is 0 Å². The van der Waals surface area contributed by atoms with E-state index in [1.165, 1.54) is 10.9 Å². The van der Waals surface area contributed by atoms with Crippen LogP contribution >= 0.6 is 0 Å². The predicted molar refractivity (Wildman–Crippen MR) is 78.8 cm³/mol. The third-order valence-corrected chi connectivity index (χ3v) is 3.10. The summed E-state index contributed by atoms with van der Waals surface area (Å²) in [7, 11) is 2.22. The van der Waals surface area contributed by atoms with Gasteiger partial charge in [0.05, 0.1) is 27.0 Å². The zero-order chi connectivity index (χ0) is 18.5. The van der Waals surface area contributed by atoms with Crippen molar-refractivity contribution in [2.75, 3.05) is 14.2 Å². The van der Waals surface area contributed by atoms with E-state index in [2.05, 4.69) is 19.8 Å². The van der Waals surface area contributed by atoms with Gasteiger partial charge in [-0.15, -0.1) is 5.10 Å². The van der Waals surface area contributed by atoms with Gasteiger partial charge in [-0.05, 0) is 5.41 Å². The zero-order valence-electron chi connectivity index (χ0n) is 14.2. The number of aliphatic carboxylic acids is 1. The average molecular weight is 343 g/mol. The number of aromatic nitrogens is 3. The molecule has 134 valence electrons. The highest BCUT2D eigenvalue weighted by Crippen LogP contribution is 2.30. The second kappa shape index (κ2) is 7.86. The summed E-state index contributed by atoms with van der Waals surface area (Å²) in [4.78, 5) is 34.4. The van der Waals surface area contributed by atoms with Gasteiger partial charge in [0.15, 0.2) is 6.04 Å². The fourth-order valence-electron chi connectivity index (χ4n) is 2.00. The second-order valence-corrected chi connectivity index (χ2v) is 6.03. The van der Waals surface area contributed by atoms with E-state index in [0.717, 1.165) is 14.2 Å². The maximum atomic E-state index is 11.5. The SMILES string of the molecule is COC(=O)C(OCc1cn([C@H](C(=O)O)C(C)(C)C)nn1)C(=O)OC. The molecule has 10 nitrogen and oxygen atoms in total. The molecule has 0 saturated heterocycles. The third-order valence-electron chi connectivity index (χ3n) is 3.10. The number of rotatable bonds is 7. The van der Waals surface area contributed by atoms with E-state index in [0.29, 0.717) is 0 Å². The Bertz CT molecular complexity index is 590. The molecule has 0 saturated carbocycles. The Balaban J connectivity index is 2.87. The maximum absolute atomic E-state index is 11.5. The lowest BCUT2D eigenvalue weighted by molar-refractivity contribution is -0.171. The number of carbonyl (C=O) groups is 3. The van der Waals surface area contributed by atoms with Crippen molar-refractivity contribution in [3.05, 3.63) is 11.9 Å². The first-order valence-electron chi connectivity index (χ1n) is 7.02. The van der Waals surface area contributed by atoms with Crippen molar-refractivity contribution >= 4 is 17.9 Å². The number of ether oxygens (including phenoxy) is 3. The summed E-state index contributed by atoms with van der Waals surface area (Å²) >= 11 is 0. The number of methoxy groups -OCH3 is 2. The van der Waals surface area contributed by atoms with E-state index < -0.39 is 35.5 Å². The number of carboxylic acid groups (broad SMARTS) is 1. The van der Waals surface area contributed by atoms with Crippen LogP contribution in [-0.4, -0.2) is 58.3 Å². The third kappa shape index (κ3) is 4.75. The lowest BCUT2D eigenvalue weighted by atomic mass is 9.87. The summed E-state index contributed by atoms with van der Waals surface area (Å²) < 4.78 is 15.3. The van der Waals surface area contributed by atoms with Crippen LogP contribution in [0.2, 0.25) is 0 Å². The highest BCUT2D eigenvalue weighted by atomic mass is 16.6. The number of nitrogens with zero attached hydrogens (tertiary/aromatic N) is 3. The second-order valence-electron chi connectivity index (χ2n) is 6.03. The molecule has 0 aliphatic rings. The Morgan fingerprint density at radius 3 is 2.17 bits per heavy atom. The summed E-state index contributed by atoms with van der Waals surface area (Å²) in [5, 5.41) is 16.9. The fourth-order valence-corrected chi connectivity index (χ4v) is 2.00. The van der Waals surface area contributed by atoms with Crippen molar-refractivity contribution in [3.63, 3.8) is 0 Å². The van der Waals surface area contributed by atoms with Gasteiger partial charge in [0, 0.05) is 0 Å². The fraction of sp³-hybridized carbons (Fsp3) is 0.643. The minimum Gasteiger partial charge on any atom is -0.480 e. The molecule has 1 atom stereocenters. The van der Waals surface area contributed by atoms with Gasteiger partial charge in [-0.3, -0.25) is 0 Å².